The van der Waals surface area contributed by atoms with Crippen LogP contribution in [0.15, 0.2) is 51.5 Å². The minimum Gasteiger partial charge on any atom is -0.461 e. The Morgan fingerprint density at radius 1 is 1.15 bits per heavy atom. The van der Waals surface area contributed by atoms with Crippen LogP contribution in [0.4, 0.5) is 0 Å². The number of benzene rings is 1. The number of halogens is 1. The molecule has 0 saturated carbocycles. The van der Waals surface area contributed by atoms with E-state index >= 15 is 0 Å². The van der Waals surface area contributed by atoms with Gasteiger partial charge in [-0.25, -0.2) is 0 Å². The lowest BCUT2D eigenvalue weighted by Crippen LogP contribution is -2.07. The number of aromatic nitrogens is 5. The van der Waals surface area contributed by atoms with E-state index in [0.29, 0.717) is 40.8 Å². The Bertz CT molecular complexity index is 1030. The van der Waals surface area contributed by atoms with Crippen LogP contribution in [0.2, 0.25) is 5.02 Å². The number of rotatable bonds is 5. The number of furan rings is 1. The second kappa shape index (κ2) is 6.97. The normalized spacial score (nSPS) is 12.4. The van der Waals surface area contributed by atoms with E-state index in [0.717, 1.165) is 5.56 Å². The second-order valence-electron chi connectivity index (χ2n) is 5.46. The molecule has 9 heteroatoms. The van der Waals surface area contributed by atoms with Gasteiger partial charge in [0.1, 0.15) is 5.25 Å². The lowest BCUT2D eigenvalue weighted by Gasteiger charge is -2.09. The van der Waals surface area contributed by atoms with Crippen molar-refractivity contribution in [2.45, 2.75) is 18.7 Å². The smallest absolute Gasteiger partial charge is 0.247 e. The van der Waals surface area contributed by atoms with Crippen LogP contribution in [0.1, 0.15) is 23.9 Å². The van der Waals surface area contributed by atoms with E-state index in [9.17, 15) is 0 Å². The van der Waals surface area contributed by atoms with Crippen LogP contribution in [0.25, 0.3) is 23.0 Å². The Labute approximate surface area is 159 Å². The molecule has 7 nitrogen and oxygen atoms in total. The maximum absolute atomic E-state index is 6.02. The van der Waals surface area contributed by atoms with E-state index in [1.165, 1.54) is 0 Å². The van der Waals surface area contributed by atoms with Gasteiger partial charge in [0, 0.05) is 17.1 Å². The van der Waals surface area contributed by atoms with Crippen molar-refractivity contribution in [2.75, 3.05) is 0 Å². The van der Waals surface area contributed by atoms with Crippen molar-refractivity contribution in [3.05, 3.63) is 59.4 Å². The van der Waals surface area contributed by atoms with Gasteiger partial charge in [-0.05, 0) is 37.3 Å². The zero-order chi connectivity index (χ0) is 18.1. The summed E-state index contributed by atoms with van der Waals surface area (Å²) < 4.78 is 13.1. The first kappa shape index (κ1) is 16.9. The number of thiol groups is 1. The van der Waals surface area contributed by atoms with Gasteiger partial charge in [-0.1, -0.05) is 17.7 Å². The Hall–Kier alpha value is -2.58. The van der Waals surface area contributed by atoms with Crippen molar-refractivity contribution in [1.82, 2.24) is 25.0 Å². The SMILES string of the molecule is CCn1c(-c2ccco2)nnc1C(S)c1nnc(-c2cccc(Cl)c2)o1. The highest BCUT2D eigenvalue weighted by Gasteiger charge is 2.25. The highest BCUT2D eigenvalue weighted by Crippen LogP contribution is 2.31. The summed E-state index contributed by atoms with van der Waals surface area (Å²) in [6.07, 6.45) is 1.59. The first-order valence-electron chi connectivity index (χ1n) is 7.91. The minimum absolute atomic E-state index is 0.330. The molecule has 26 heavy (non-hydrogen) atoms. The van der Waals surface area contributed by atoms with E-state index in [4.69, 9.17) is 20.4 Å². The number of nitrogens with zero attached hydrogens (tertiary/aromatic N) is 5. The van der Waals surface area contributed by atoms with Gasteiger partial charge in [0.15, 0.2) is 17.4 Å². The van der Waals surface area contributed by atoms with Gasteiger partial charge in [-0.2, -0.15) is 12.6 Å². The van der Waals surface area contributed by atoms with Crippen molar-refractivity contribution in [1.29, 1.82) is 0 Å². The first-order valence-corrected chi connectivity index (χ1v) is 8.81. The van der Waals surface area contributed by atoms with E-state index < -0.39 is 5.25 Å². The van der Waals surface area contributed by atoms with E-state index in [2.05, 4.69) is 33.0 Å². The van der Waals surface area contributed by atoms with E-state index in [1.54, 1.807) is 24.5 Å². The molecule has 0 amide bonds. The standard InChI is InChI=1S/C17H14ClN5O2S/c1-2-23-14(12-7-4-8-24-12)19-20-15(23)13(26)17-22-21-16(25-17)10-5-3-6-11(18)9-10/h3-9,13,26H,2H2,1H3. The maximum Gasteiger partial charge on any atom is 0.247 e. The van der Waals surface area contributed by atoms with Gasteiger partial charge in [0.25, 0.3) is 0 Å². The molecule has 132 valence electrons. The zero-order valence-corrected chi connectivity index (χ0v) is 15.4. The minimum atomic E-state index is -0.522. The molecule has 0 fully saturated rings. The summed E-state index contributed by atoms with van der Waals surface area (Å²) in [4.78, 5) is 0. The molecule has 0 bridgehead atoms. The summed E-state index contributed by atoms with van der Waals surface area (Å²) in [5.41, 5.74) is 0.741. The van der Waals surface area contributed by atoms with E-state index in [1.807, 2.05) is 29.7 Å². The molecule has 0 saturated heterocycles. The highest BCUT2D eigenvalue weighted by atomic mass is 35.5. The lowest BCUT2D eigenvalue weighted by molar-refractivity contribution is 0.505. The third-order valence-corrected chi connectivity index (χ3v) is 4.51. The Balaban J connectivity index is 1.68. The third-order valence-electron chi connectivity index (χ3n) is 3.83. The molecule has 3 heterocycles. The van der Waals surface area contributed by atoms with Crippen LogP contribution in [-0.2, 0) is 6.54 Å². The quantitative estimate of drug-likeness (QED) is 0.514. The molecular weight excluding hydrogens is 374 g/mol. The molecule has 1 atom stereocenters. The lowest BCUT2D eigenvalue weighted by atomic mass is 10.2. The molecular formula is C17H14ClN5O2S. The Morgan fingerprint density at radius 3 is 2.77 bits per heavy atom. The Morgan fingerprint density at radius 2 is 2.04 bits per heavy atom. The van der Waals surface area contributed by atoms with Crippen LogP contribution in [0.5, 0.6) is 0 Å². The molecule has 4 aromatic rings. The van der Waals surface area contributed by atoms with Crippen LogP contribution >= 0.6 is 24.2 Å². The summed E-state index contributed by atoms with van der Waals surface area (Å²) in [6, 6.07) is 10.8. The molecule has 0 radical (unpaired) electrons. The fraction of sp³-hybridized carbons (Fsp3) is 0.176. The first-order chi connectivity index (χ1) is 12.7. The van der Waals surface area contributed by atoms with Crippen molar-refractivity contribution in [3.63, 3.8) is 0 Å². The van der Waals surface area contributed by atoms with Crippen molar-refractivity contribution in [3.8, 4) is 23.0 Å². The molecule has 0 spiro atoms. The topological polar surface area (TPSA) is 82.8 Å². The van der Waals surface area contributed by atoms with Gasteiger partial charge < -0.3 is 13.4 Å². The molecule has 3 aromatic heterocycles. The van der Waals surface area contributed by atoms with Gasteiger partial charge in [-0.3, -0.25) is 0 Å². The Kier molecular flexibility index (Phi) is 4.52. The zero-order valence-electron chi connectivity index (χ0n) is 13.7. The average molecular weight is 388 g/mol. The maximum atomic E-state index is 6.02. The molecule has 0 aliphatic rings. The second-order valence-corrected chi connectivity index (χ2v) is 6.41. The van der Waals surface area contributed by atoms with Gasteiger partial charge >= 0.3 is 0 Å². The summed E-state index contributed by atoms with van der Waals surface area (Å²) in [7, 11) is 0. The summed E-state index contributed by atoms with van der Waals surface area (Å²) in [5, 5.41) is 16.7. The van der Waals surface area contributed by atoms with Gasteiger partial charge in [0.2, 0.25) is 11.8 Å². The average Bonchev–Trinajstić information content (AvgIpc) is 3.40. The van der Waals surface area contributed by atoms with Crippen LogP contribution in [0, 0.1) is 0 Å². The predicted octanol–water partition coefficient (Wildman–Crippen LogP) is 4.28. The van der Waals surface area contributed by atoms with Crippen LogP contribution < -0.4 is 0 Å². The fourth-order valence-electron chi connectivity index (χ4n) is 2.61. The molecule has 0 aliphatic heterocycles. The molecule has 0 aliphatic carbocycles. The molecule has 1 aromatic carbocycles. The summed E-state index contributed by atoms with van der Waals surface area (Å²) >= 11 is 10.6. The fourth-order valence-corrected chi connectivity index (χ4v) is 3.10. The molecule has 4 rings (SSSR count). The van der Waals surface area contributed by atoms with Crippen molar-refractivity contribution < 1.29 is 8.83 Å². The summed E-state index contributed by atoms with van der Waals surface area (Å²) in [5.74, 6) is 2.56. The number of hydrogen-bond acceptors (Lipinski definition) is 7. The predicted molar refractivity (Wildman–Crippen MR) is 99.0 cm³/mol. The molecule has 1 unspecified atom stereocenters. The van der Waals surface area contributed by atoms with Crippen LogP contribution in [0.3, 0.4) is 0 Å². The van der Waals surface area contributed by atoms with Crippen LogP contribution in [-0.4, -0.2) is 25.0 Å². The summed E-state index contributed by atoms with van der Waals surface area (Å²) in [6.45, 7) is 2.63. The van der Waals surface area contributed by atoms with Crippen molar-refractivity contribution in [2.24, 2.45) is 0 Å². The number of hydrogen-bond donors (Lipinski definition) is 1. The third kappa shape index (κ3) is 3.02. The monoisotopic (exact) mass is 387 g/mol. The van der Waals surface area contributed by atoms with Gasteiger partial charge in [0.05, 0.1) is 6.26 Å². The molecule has 0 N–H and O–H groups in total. The van der Waals surface area contributed by atoms with Crippen molar-refractivity contribution >= 4 is 24.2 Å². The van der Waals surface area contributed by atoms with E-state index in [-0.39, 0.29) is 0 Å². The van der Waals surface area contributed by atoms with Gasteiger partial charge in [-0.15, -0.1) is 20.4 Å². The largest absolute Gasteiger partial charge is 0.461 e. The highest BCUT2D eigenvalue weighted by molar-refractivity contribution is 7.80.